The molecule has 1 aromatic heterocycles. The Bertz CT molecular complexity index is 1390. The molecule has 0 saturated carbocycles. The topological polar surface area (TPSA) is 149 Å². The molecule has 1 heterocycles. The van der Waals surface area contributed by atoms with Gasteiger partial charge in [0.2, 0.25) is 0 Å². The van der Waals surface area contributed by atoms with Crippen molar-refractivity contribution in [3.63, 3.8) is 0 Å². The van der Waals surface area contributed by atoms with E-state index < -0.39 is 37.8 Å². The maximum atomic E-state index is 13.1. The van der Waals surface area contributed by atoms with E-state index in [1.807, 2.05) is 0 Å². The van der Waals surface area contributed by atoms with Crippen molar-refractivity contribution in [2.75, 3.05) is 10.0 Å². The lowest BCUT2D eigenvalue weighted by Crippen LogP contribution is -2.39. The Morgan fingerprint density at radius 2 is 1.76 bits per heavy atom. The van der Waals surface area contributed by atoms with E-state index in [0.29, 0.717) is 11.4 Å². The summed E-state index contributed by atoms with van der Waals surface area (Å²) in [6.07, 6.45) is 0. The predicted octanol–water partition coefficient (Wildman–Crippen LogP) is 2.76. The molecular formula is C22H27N5O6S. The Balaban J connectivity index is 2.01. The van der Waals surface area contributed by atoms with Gasteiger partial charge in [-0.2, -0.15) is 0 Å². The van der Waals surface area contributed by atoms with Crippen LogP contribution in [-0.2, 0) is 17.1 Å². The van der Waals surface area contributed by atoms with E-state index in [0.717, 1.165) is 6.07 Å². The summed E-state index contributed by atoms with van der Waals surface area (Å²) in [5.74, 6) is 0. The Kier molecular flexibility index (Phi) is 6.58. The molecule has 182 valence electrons. The van der Waals surface area contributed by atoms with Crippen molar-refractivity contribution in [2.45, 2.75) is 44.2 Å². The quantitative estimate of drug-likeness (QED) is 0.325. The number of aliphatic hydroxyl groups is 1. The highest BCUT2D eigenvalue weighted by atomic mass is 32.2. The summed E-state index contributed by atoms with van der Waals surface area (Å²) in [7, 11) is -2.71. The van der Waals surface area contributed by atoms with Gasteiger partial charge in [0, 0.05) is 13.1 Å². The van der Waals surface area contributed by atoms with Crippen LogP contribution in [0.15, 0.2) is 58.2 Å². The molecule has 0 amide bonds. The zero-order chi connectivity index (χ0) is 25.4. The molecule has 11 nitrogen and oxygen atoms in total. The third kappa shape index (κ3) is 4.82. The maximum absolute atomic E-state index is 13.1. The third-order valence-corrected chi connectivity index (χ3v) is 7.05. The van der Waals surface area contributed by atoms with Gasteiger partial charge in [0.15, 0.2) is 0 Å². The average Bonchev–Trinajstić information content (AvgIpc) is 2.96. The summed E-state index contributed by atoms with van der Waals surface area (Å²) < 4.78 is 31.3. The van der Waals surface area contributed by atoms with Crippen LogP contribution >= 0.6 is 0 Å². The zero-order valence-electron chi connectivity index (χ0n) is 19.4. The molecule has 3 aromatic rings. The van der Waals surface area contributed by atoms with E-state index >= 15 is 0 Å². The normalized spacial score (nSPS) is 12.9. The highest BCUT2D eigenvalue weighted by molar-refractivity contribution is 7.92. The molecule has 0 radical (unpaired) electrons. The number of benzene rings is 2. The number of aromatic nitrogens is 2. The minimum Gasteiger partial charge on any atom is -0.388 e. The van der Waals surface area contributed by atoms with Crippen LogP contribution in [0.1, 0.15) is 26.5 Å². The largest absolute Gasteiger partial charge is 0.388 e. The van der Waals surface area contributed by atoms with Gasteiger partial charge in [0.25, 0.3) is 21.3 Å². The Morgan fingerprint density at radius 3 is 2.32 bits per heavy atom. The summed E-state index contributed by atoms with van der Waals surface area (Å²) in [5, 5.41) is 24.6. The van der Waals surface area contributed by atoms with Crippen molar-refractivity contribution < 1.29 is 18.4 Å². The fraction of sp³-hybridized carbons (Fsp3) is 0.318. The standard InChI is InChI=1S/C22H27N5O6S/c1-14-20(21(28)26(25(14)5)16-9-7-6-8-10-16)24-34(32,33)17-11-12-18(19(13-17)27(30)31)23-15(2)22(3,4)29/h6-13,15,23-24,29H,1-5H3/t15-/m0/s1. The Hall–Kier alpha value is -3.64. The van der Waals surface area contributed by atoms with Crippen LogP contribution < -0.4 is 15.6 Å². The van der Waals surface area contributed by atoms with Crippen molar-refractivity contribution in [1.82, 2.24) is 9.36 Å². The lowest BCUT2D eigenvalue weighted by Gasteiger charge is -2.27. The maximum Gasteiger partial charge on any atom is 0.296 e. The second-order valence-corrected chi connectivity index (χ2v) is 10.2. The summed E-state index contributed by atoms with van der Waals surface area (Å²) in [6.45, 7) is 6.32. The van der Waals surface area contributed by atoms with Crippen LogP contribution in [0.25, 0.3) is 5.69 Å². The Labute approximate surface area is 196 Å². The summed E-state index contributed by atoms with van der Waals surface area (Å²) >= 11 is 0. The van der Waals surface area contributed by atoms with Crippen LogP contribution in [0.3, 0.4) is 0 Å². The number of sulfonamides is 1. The smallest absolute Gasteiger partial charge is 0.296 e. The molecule has 0 aliphatic heterocycles. The van der Waals surface area contributed by atoms with E-state index in [-0.39, 0.29) is 16.3 Å². The molecule has 34 heavy (non-hydrogen) atoms. The number of nitro benzene ring substituents is 1. The van der Waals surface area contributed by atoms with Crippen molar-refractivity contribution in [2.24, 2.45) is 7.05 Å². The molecule has 12 heteroatoms. The van der Waals surface area contributed by atoms with Gasteiger partial charge in [0.05, 0.1) is 32.8 Å². The summed E-state index contributed by atoms with van der Waals surface area (Å²) in [5.41, 5.74) is -1.43. The monoisotopic (exact) mass is 489 g/mol. The summed E-state index contributed by atoms with van der Waals surface area (Å²) in [4.78, 5) is 23.6. The van der Waals surface area contributed by atoms with Gasteiger partial charge >= 0.3 is 0 Å². The minimum absolute atomic E-state index is 0.0564. The van der Waals surface area contributed by atoms with Gasteiger partial charge in [-0.1, -0.05) is 18.2 Å². The van der Waals surface area contributed by atoms with Crippen molar-refractivity contribution in [3.05, 3.63) is 74.7 Å². The molecule has 0 saturated heterocycles. The van der Waals surface area contributed by atoms with Gasteiger partial charge in [-0.3, -0.25) is 24.3 Å². The van der Waals surface area contributed by atoms with E-state index in [9.17, 15) is 28.4 Å². The zero-order valence-corrected chi connectivity index (χ0v) is 20.3. The van der Waals surface area contributed by atoms with Crippen LogP contribution in [0.5, 0.6) is 0 Å². The first kappa shape index (κ1) is 25.0. The van der Waals surface area contributed by atoms with E-state index in [2.05, 4.69) is 10.0 Å². The van der Waals surface area contributed by atoms with Gasteiger partial charge in [-0.25, -0.2) is 13.1 Å². The fourth-order valence-corrected chi connectivity index (χ4v) is 4.38. The number of anilines is 2. The second kappa shape index (κ2) is 8.95. The van der Waals surface area contributed by atoms with Crippen LogP contribution in [0, 0.1) is 17.0 Å². The van der Waals surface area contributed by atoms with Crippen LogP contribution in [-0.4, -0.2) is 39.5 Å². The SMILES string of the molecule is Cc1c(NS(=O)(=O)c2ccc(N[C@@H](C)C(C)(C)O)c([N+](=O)[O-])c2)c(=O)n(-c2ccccc2)n1C. The number of para-hydroxylation sites is 1. The lowest BCUT2D eigenvalue weighted by molar-refractivity contribution is -0.384. The summed E-state index contributed by atoms with van der Waals surface area (Å²) in [6, 6.07) is 11.5. The van der Waals surface area contributed by atoms with E-state index in [1.165, 1.54) is 21.5 Å². The highest BCUT2D eigenvalue weighted by Gasteiger charge is 2.28. The molecule has 2 aromatic carbocycles. The van der Waals surface area contributed by atoms with Crippen molar-refractivity contribution in [3.8, 4) is 5.69 Å². The number of nitro groups is 1. The molecule has 0 spiro atoms. The van der Waals surface area contributed by atoms with E-state index in [4.69, 9.17) is 0 Å². The average molecular weight is 490 g/mol. The molecule has 0 aliphatic carbocycles. The highest BCUT2D eigenvalue weighted by Crippen LogP contribution is 2.30. The van der Waals surface area contributed by atoms with Crippen LogP contribution in [0.2, 0.25) is 0 Å². The van der Waals surface area contributed by atoms with Crippen molar-refractivity contribution >= 4 is 27.1 Å². The molecule has 0 aliphatic rings. The fourth-order valence-electron chi connectivity index (χ4n) is 3.24. The number of hydrogen-bond donors (Lipinski definition) is 3. The number of hydrogen-bond acceptors (Lipinski definition) is 7. The Morgan fingerprint density at radius 1 is 1.15 bits per heavy atom. The first-order valence-electron chi connectivity index (χ1n) is 10.4. The first-order chi connectivity index (χ1) is 15.7. The van der Waals surface area contributed by atoms with Crippen molar-refractivity contribution in [1.29, 1.82) is 0 Å². The minimum atomic E-state index is -4.33. The molecule has 0 unspecified atom stereocenters. The van der Waals surface area contributed by atoms with Crippen LogP contribution in [0.4, 0.5) is 17.1 Å². The van der Waals surface area contributed by atoms with Gasteiger partial charge < -0.3 is 10.4 Å². The molecule has 3 N–H and O–H groups in total. The third-order valence-electron chi connectivity index (χ3n) is 5.70. The molecule has 3 rings (SSSR count). The lowest BCUT2D eigenvalue weighted by atomic mass is 10.0. The van der Waals surface area contributed by atoms with Gasteiger partial charge in [0.1, 0.15) is 11.4 Å². The van der Waals surface area contributed by atoms with Gasteiger partial charge in [-0.15, -0.1) is 0 Å². The molecule has 0 fully saturated rings. The van der Waals surface area contributed by atoms with E-state index in [1.54, 1.807) is 65.1 Å². The molecule has 0 bridgehead atoms. The molecular weight excluding hydrogens is 462 g/mol. The number of rotatable bonds is 8. The number of nitrogens with zero attached hydrogens (tertiary/aromatic N) is 3. The molecule has 1 atom stereocenters. The van der Waals surface area contributed by atoms with Gasteiger partial charge in [-0.05, 0) is 52.0 Å². The second-order valence-electron chi connectivity index (χ2n) is 8.50. The predicted molar refractivity (Wildman–Crippen MR) is 129 cm³/mol. The number of nitrogens with one attached hydrogen (secondary N) is 2. The first-order valence-corrected chi connectivity index (χ1v) is 11.9.